The van der Waals surface area contributed by atoms with Gasteiger partial charge in [0, 0.05) is 11.5 Å². The number of ketones is 1. The molecule has 3 nitrogen and oxygen atoms in total. The van der Waals surface area contributed by atoms with Crippen molar-refractivity contribution in [2.75, 3.05) is 0 Å². The van der Waals surface area contributed by atoms with Crippen molar-refractivity contribution in [2.45, 2.75) is 31.5 Å². The van der Waals surface area contributed by atoms with Gasteiger partial charge in [-0.15, -0.1) is 0 Å². The van der Waals surface area contributed by atoms with Crippen LogP contribution in [-0.2, 0) is 4.79 Å². The normalized spacial score (nSPS) is 62.3. The predicted molar refractivity (Wildman–Crippen MR) is 44.9 cm³/mol. The van der Waals surface area contributed by atoms with Gasteiger partial charge in [-0.25, -0.2) is 0 Å². The van der Waals surface area contributed by atoms with Gasteiger partial charge in [-0.2, -0.15) is 0 Å². The standard InChI is InChI=1S/C10H12O3/c1-8(12)5-3-6-7(11)10(6,4-5)9(8,2)13/h3,5,12-13H,4H2,1-2H3. The number of Topliss-reactive ketones (excluding diaryl/α,β-unsaturated/α-hetero) is 1. The Labute approximate surface area is 76.1 Å². The molecule has 0 saturated heterocycles. The van der Waals surface area contributed by atoms with Gasteiger partial charge in [0.2, 0.25) is 0 Å². The summed E-state index contributed by atoms with van der Waals surface area (Å²) in [5.41, 5.74) is -2.38. The van der Waals surface area contributed by atoms with Crippen LogP contribution in [0.4, 0.5) is 0 Å². The molecule has 3 aliphatic rings. The highest BCUT2D eigenvalue weighted by molar-refractivity contribution is 6.23. The van der Waals surface area contributed by atoms with E-state index in [0.29, 0.717) is 6.42 Å². The first-order valence-electron chi connectivity index (χ1n) is 4.57. The summed E-state index contributed by atoms with van der Waals surface area (Å²) < 4.78 is 0. The topological polar surface area (TPSA) is 57.5 Å². The van der Waals surface area contributed by atoms with Crippen LogP contribution in [0.5, 0.6) is 0 Å². The van der Waals surface area contributed by atoms with Gasteiger partial charge in [0.05, 0.1) is 11.0 Å². The van der Waals surface area contributed by atoms with E-state index in [0.717, 1.165) is 5.57 Å². The molecule has 2 N–H and O–H groups in total. The van der Waals surface area contributed by atoms with Crippen molar-refractivity contribution in [1.29, 1.82) is 0 Å². The van der Waals surface area contributed by atoms with E-state index >= 15 is 0 Å². The number of hydrogen-bond acceptors (Lipinski definition) is 3. The molecule has 0 aromatic rings. The Kier molecular flexibility index (Phi) is 0.893. The van der Waals surface area contributed by atoms with Gasteiger partial charge in [0.1, 0.15) is 5.60 Å². The second-order valence-corrected chi connectivity index (χ2v) is 4.85. The second kappa shape index (κ2) is 1.51. The number of fused-ring (bicyclic) bond motifs is 1. The van der Waals surface area contributed by atoms with Crippen LogP contribution in [0.25, 0.3) is 0 Å². The fourth-order valence-electron chi connectivity index (χ4n) is 3.16. The van der Waals surface area contributed by atoms with Crippen LogP contribution in [-0.4, -0.2) is 27.2 Å². The average Bonchev–Trinajstić information content (AvgIpc) is 2.44. The molecular weight excluding hydrogens is 168 g/mol. The van der Waals surface area contributed by atoms with Gasteiger partial charge >= 0.3 is 0 Å². The third-order valence-corrected chi connectivity index (χ3v) is 4.46. The molecule has 3 rings (SSSR count). The molecular formula is C10H12O3. The minimum Gasteiger partial charge on any atom is -0.387 e. The number of aliphatic hydroxyl groups is 2. The Hall–Kier alpha value is -0.670. The second-order valence-electron chi connectivity index (χ2n) is 4.85. The van der Waals surface area contributed by atoms with Crippen molar-refractivity contribution in [1.82, 2.24) is 0 Å². The van der Waals surface area contributed by atoms with Gasteiger partial charge in [-0.3, -0.25) is 4.79 Å². The number of carbonyl (C=O) groups excluding carboxylic acids is 1. The lowest BCUT2D eigenvalue weighted by atomic mass is 9.76. The maximum absolute atomic E-state index is 11.4. The fourth-order valence-corrected chi connectivity index (χ4v) is 3.16. The smallest absolute Gasteiger partial charge is 0.173 e. The van der Waals surface area contributed by atoms with Gasteiger partial charge in [0.15, 0.2) is 5.78 Å². The molecule has 0 aromatic heterocycles. The molecule has 13 heavy (non-hydrogen) atoms. The summed E-state index contributed by atoms with van der Waals surface area (Å²) in [7, 11) is 0. The highest BCUT2D eigenvalue weighted by Gasteiger charge is 2.83. The van der Waals surface area contributed by atoms with Crippen LogP contribution in [0.3, 0.4) is 0 Å². The van der Waals surface area contributed by atoms with Gasteiger partial charge in [-0.1, -0.05) is 6.08 Å². The first-order chi connectivity index (χ1) is 5.86. The third-order valence-electron chi connectivity index (χ3n) is 4.46. The zero-order valence-corrected chi connectivity index (χ0v) is 7.66. The Bertz CT molecular complexity index is 364. The molecule has 4 unspecified atom stereocenters. The Morgan fingerprint density at radius 3 is 2.54 bits per heavy atom. The maximum Gasteiger partial charge on any atom is 0.173 e. The average molecular weight is 180 g/mol. The zero-order chi connectivity index (χ0) is 9.65. The highest BCUT2D eigenvalue weighted by atomic mass is 16.4. The summed E-state index contributed by atoms with van der Waals surface area (Å²) >= 11 is 0. The third kappa shape index (κ3) is 0.459. The number of carbonyl (C=O) groups is 1. The van der Waals surface area contributed by atoms with E-state index in [-0.39, 0.29) is 11.7 Å². The van der Waals surface area contributed by atoms with Crippen LogP contribution in [0, 0.1) is 11.3 Å². The first kappa shape index (κ1) is 7.71. The monoisotopic (exact) mass is 180 g/mol. The van der Waals surface area contributed by atoms with Crippen molar-refractivity contribution in [3.63, 3.8) is 0 Å². The van der Waals surface area contributed by atoms with E-state index < -0.39 is 16.6 Å². The first-order valence-corrected chi connectivity index (χ1v) is 4.57. The van der Waals surface area contributed by atoms with Gasteiger partial charge in [-0.05, 0) is 20.3 Å². The van der Waals surface area contributed by atoms with Crippen molar-refractivity contribution in [3.8, 4) is 0 Å². The summed E-state index contributed by atoms with van der Waals surface area (Å²) in [6.07, 6.45) is 2.43. The molecule has 0 heterocycles. The van der Waals surface area contributed by atoms with Crippen LogP contribution >= 0.6 is 0 Å². The molecule has 70 valence electrons. The lowest BCUT2D eigenvalue weighted by Gasteiger charge is -2.38. The van der Waals surface area contributed by atoms with Crippen molar-refractivity contribution in [2.24, 2.45) is 11.3 Å². The van der Waals surface area contributed by atoms with Crippen molar-refractivity contribution >= 4 is 5.78 Å². The summed E-state index contributed by atoms with van der Waals surface area (Å²) in [5.74, 6) is -0.0123. The van der Waals surface area contributed by atoms with E-state index in [4.69, 9.17) is 0 Å². The number of rotatable bonds is 0. The number of hydrogen-bond donors (Lipinski definition) is 2. The van der Waals surface area contributed by atoms with Crippen LogP contribution in [0.15, 0.2) is 11.6 Å². The minimum absolute atomic E-state index is 0.0338. The fraction of sp³-hybridized carbons (Fsp3) is 0.700. The molecule has 0 radical (unpaired) electrons. The molecule has 2 fully saturated rings. The van der Waals surface area contributed by atoms with E-state index in [1.165, 1.54) is 0 Å². The largest absolute Gasteiger partial charge is 0.387 e. The summed E-state index contributed by atoms with van der Waals surface area (Å²) in [6, 6.07) is 0. The molecule has 2 saturated carbocycles. The molecule has 0 amide bonds. The quantitative estimate of drug-likeness (QED) is 0.552. The van der Waals surface area contributed by atoms with Crippen LogP contribution < -0.4 is 0 Å². The maximum atomic E-state index is 11.4. The Morgan fingerprint density at radius 2 is 2.08 bits per heavy atom. The zero-order valence-electron chi connectivity index (χ0n) is 7.66. The predicted octanol–water partition coefficient (Wildman–Crippen LogP) is 0.0174. The highest BCUT2D eigenvalue weighted by Crippen LogP contribution is 2.73. The summed E-state index contributed by atoms with van der Waals surface area (Å²) in [5, 5.41) is 20.2. The van der Waals surface area contributed by atoms with E-state index in [1.54, 1.807) is 13.8 Å². The summed E-state index contributed by atoms with van der Waals surface area (Å²) in [4.78, 5) is 11.4. The summed E-state index contributed by atoms with van der Waals surface area (Å²) in [6.45, 7) is 3.19. The molecule has 0 aromatic carbocycles. The SMILES string of the molecule is CC1(O)C2C=C3C(=O)C3(C2)C1(C)O. The molecule has 4 atom stereocenters. The van der Waals surface area contributed by atoms with Crippen molar-refractivity contribution < 1.29 is 15.0 Å². The van der Waals surface area contributed by atoms with E-state index in [9.17, 15) is 15.0 Å². The molecule has 0 aliphatic heterocycles. The van der Waals surface area contributed by atoms with Crippen LogP contribution in [0.1, 0.15) is 20.3 Å². The molecule has 1 spiro atoms. The Morgan fingerprint density at radius 1 is 1.46 bits per heavy atom. The Balaban J connectivity index is 2.26. The van der Waals surface area contributed by atoms with Crippen molar-refractivity contribution in [3.05, 3.63) is 11.6 Å². The van der Waals surface area contributed by atoms with E-state index in [2.05, 4.69) is 0 Å². The molecule has 2 bridgehead atoms. The molecule has 3 heteroatoms. The lowest BCUT2D eigenvalue weighted by molar-refractivity contribution is -0.151. The van der Waals surface area contributed by atoms with E-state index in [1.807, 2.05) is 6.08 Å². The van der Waals surface area contributed by atoms with Gasteiger partial charge < -0.3 is 10.2 Å². The van der Waals surface area contributed by atoms with Crippen LogP contribution in [0.2, 0.25) is 0 Å². The lowest BCUT2D eigenvalue weighted by Crippen LogP contribution is -2.54. The van der Waals surface area contributed by atoms with Gasteiger partial charge in [0.25, 0.3) is 0 Å². The minimum atomic E-state index is -1.27. The molecule has 3 aliphatic carbocycles.